The summed E-state index contributed by atoms with van der Waals surface area (Å²) in [6.45, 7) is 1.57. The first kappa shape index (κ1) is 8.27. The molecule has 0 unspecified atom stereocenters. The molecule has 1 aliphatic rings. The number of hydrogen-bond acceptors (Lipinski definition) is 3. The number of imidazole rings is 1. The molecule has 1 aromatic heterocycles. The number of nitrogens with zero attached hydrogens (tertiary/aromatic N) is 3. The van der Waals surface area contributed by atoms with Crippen LogP contribution in [0.1, 0.15) is 24.7 Å². The highest BCUT2D eigenvalue weighted by Crippen LogP contribution is 2.21. The predicted molar refractivity (Wildman–Crippen MR) is 46.0 cm³/mol. The third-order valence-corrected chi connectivity index (χ3v) is 2.35. The maximum atomic E-state index is 8.77. The standard InChI is InChI=1S/C9H11N3O/c10-7-9-11-3-4-12(9)8-1-5-13-6-2-8/h3-4,8H,1-2,5-6H2. The molecule has 1 fully saturated rings. The van der Waals surface area contributed by atoms with E-state index in [-0.39, 0.29) is 0 Å². The van der Waals surface area contributed by atoms with Crippen LogP contribution in [0.2, 0.25) is 0 Å². The zero-order valence-corrected chi connectivity index (χ0v) is 7.31. The molecule has 4 nitrogen and oxygen atoms in total. The molecule has 4 heteroatoms. The second-order valence-corrected chi connectivity index (χ2v) is 3.11. The monoisotopic (exact) mass is 177 g/mol. The summed E-state index contributed by atoms with van der Waals surface area (Å²) in [7, 11) is 0. The molecule has 0 radical (unpaired) electrons. The van der Waals surface area contributed by atoms with Crippen molar-refractivity contribution in [3.05, 3.63) is 18.2 Å². The summed E-state index contributed by atoms with van der Waals surface area (Å²) >= 11 is 0. The van der Waals surface area contributed by atoms with Crippen molar-refractivity contribution in [3.8, 4) is 6.07 Å². The van der Waals surface area contributed by atoms with Gasteiger partial charge < -0.3 is 9.30 Å². The molecule has 0 N–H and O–H groups in total. The molecule has 0 spiro atoms. The summed E-state index contributed by atoms with van der Waals surface area (Å²) < 4.78 is 7.20. The van der Waals surface area contributed by atoms with Gasteiger partial charge in [-0.25, -0.2) is 4.98 Å². The number of nitriles is 1. The molecule has 0 aliphatic carbocycles. The summed E-state index contributed by atoms with van der Waals surface area (Å²) in [6.07, 6.45) is 5.50. The predicted octanol–water partition coefficient (Wildman–Crippen LogP) is 1.11. The lowest BCUT2D eigenvalue weighted by atomic mass is 10.1. The summed E-state index contributed by atoms with van der Waals surface area (Å²) in [6, 6.07) is 2.48. The molecule has 0 aromatic carbocycles. The molecular weight excluding hydrogens is 166 g/mol. The summed E-state index contributed by atoms with van der Waals surface area (Å²) in [4.78, 5) is 3.97. The first-order chi connectivity index (χ1) is 6.42. The van der Waals surface area contributed by atoms with Gasteiger partial charge in [0.1, 0.15) is 6.07 Å². The zero-order chi connectivity index (χ0) is 9.10. The van der Waals surface area contributed by atoms with Crippen LogP contribution in [0.4, 0.5) is 0 Å². The van der Waals surface area contributed by atoms with E-state index in [9.17, 15) is 0 Å². The van der Waals surface area contributed by atoms with Crippen molar-refractivity contribution in [2.24, 2.45) is 0 Å². The lowest BCUT2D eigenvalue weighted by Gasteiger charge is -2.23. The van der Waals surface area contributed by atoms with E-state index in [0.717, 1.165) is 26.1 Å². The highest BCUT2D eigenvalue weighted by molar-refractivity contribution is 5.12. The van der Waals surface area contributed by atoms with Crippen molar-refractivity contribution in [2.45, 2.75) is 18.9 Å². The topological polar surface area (TPSA) is 50.8 Å². The van der Waals surface area contributed by atoms with Crippen LogP contribution in [0.5, 0.6) is 0 Å². The van der Waals surface area contributed by atoms with Gasteiger partial charge >= 0.3 is 0 Å². The fourth-order valence-electron chi connectivity index (χ4n) is 1.66. The molecule has 68 valence electrons. The van der Waals surface area contributed by atoms with Crippen LogP contribution in [0.15, 0.2) is 12.4 Å². The maximum absolute atomic E-state index is 8.77. The minimum Gasteiger partial charge on any atom is -0.381 e. The number of hydrogen-bond donors (Lipinski definition) is 0. The minimum atomic E-state index is 0.394. The van der Waals surface area contributed by atoms with Crippen LogP contribution >= 0.6 is 0 Å². The van der Waals surface area contributed by atoms with Gasteiger partial charge in [-0.05, 0) is 12.8 Å². The Kier molecular flexibility index (Phi) is 2.28. The zero-order valence-electron chi connectivity index (χ0n) is 7.31. The molecule has 1 saturated heterocycles. The SMILES string of the molecule is N#Cc1nccn1C1CCOCC1. The van der Waals surface area contributed by atoms with Gasteiger partial charge in [-0.15, -0.1) is 0 Å². The average molecular weight is 177 g/mol. The Morgan fingerprint density at radius 3 is 3.00 bits per heavy atom. The minimum absolute atomic E-state index is 0.394. The number of aromatic nitrogens is 2. The van der Waals surface area contributed by atoms with E-state index in [2.05, 4.69) is 11.1 Å². The van der Waals surface area contributed by atoms with E-state index in [0.29, 0.717) is 11.9 Å². The second kappa shape index (κ2) is 3.58. The lowest BCUT2D eigenvalue weighted by molar-refractivity contribution is 0.0693. The molecule has 2 heterocycles. The molecule has 1 aliphatic heterocycles. The van der Waals surface area contributed by atoms with Gasteiger partial charge in [0.25, 0.3) is 0 Å². The summed E-state index contributed by atoms with van der Waals surface area (Å²) in [5.74, 6) is 0.506. The quantitative estimate of drug-likeness (QED) is 0.645. The fourth-order valence-corrected chi connectivity index (χ4v) is 1.66. The largest absolute Gasteiger partial charge is 0.381 e. The lowest BCUT2D eigenvalue weighted by Crippen LogP contribution is -2.20. The molecule has 0 bridgehead atoms. The van der Waals surface area contributed by atoms with E-state index >= 15 is 0 Å². The van der Waals surface area contributed by atoms with Gasteiger partial charge in [0.05, 0.1) is 0 Å². The Morgan fingerprint density at radius 1 is 1.54 bits per heavy atom. The smallest absolute Gasteiger partial charge is 0.212 e. The van der Waals surface area contributed by atoms with Crippen LogP contribution in [0.25, 0.3) is 0 Å². The van der Waals surface area contributed by atoms with Crippen molar-refractivity contribution in [3.63, 3.8) is 0 Å². The maximum Gasteiger partial charge on any atom is 0.212 e. The Morgan fingerprint density at radius 2 is 2.31 bits per heavy atom. The van der Waals surface area contributed by atoms with Crippen molar-refractivity contribution >= 4 is 0 Å². The van der Waals surface area contributed by atoms with E-state index in [1.54, 1.807) is 6.20 Å². The molecule has 0 atom stereocenters. The van der Waals surface area contributed by atoms with E-state index in [1.807, 2.05) is 10.8 Å². The van der Waals surface area contributed by atoms with Gasteiger partial charge in [-0.3, -0.25) is 0 Å². The average Bonchev–Trinajstić information content (AvgIpc) is 2.67. The summed E-state index contributed by atoms with van der Waals surface area (Å²) in [5.41, 5.74) is 0. The van der Waals surface area contributed by atoms with Gasteiger partial charge in [0.2, 0.25) is 5.82 Å². The summed E-state index contributed by atoms with van der Waals surface area (Å²) in [5, 5.41) is 8.77. The second-order valence-electron chi connectivity index (χ2n) is 3.11. The van der Waals surface area contributed by atoms with Crippen LogP contribution in [-0.4, -0.2) is 22.8 Å². The molecule has 1 aromatic rings. The van der Waals surface area contributed by atoms with Gasteiger partial charge in [0.15, 0.2) is 0 Å². The first-order valence-corrected chi connectivity index (χ1v) is 4.42. The first-order valence-electron chi connectivity index (χ1n) is 4.42. The van der Waals surface area contributed by atoms with E-state index < -0.39 is 0 Å². The van der Waals surface area contributed by atoms with Crippen molar-refractivity contribution in [1.29, 1.82) is 5.26 Å². The number of ether oxygens (including phenoxy) is 1. The highest BCUT2D eigenvalue weighted by atomic mass is 16.5. The number of rotatable bonds is 1. The van der Waals surface area contributed by atoms with Crippen molar-refractivity contribution < 1.29 is 4.74 Å². The molecular formula is C9H11N3O. The molecule has 0 saturated carbocycles. The normalized spacial score (nSPS) is 18.4. The Balaban J connectivity index is 2.19. The molecule has 13 heavy (non-hydrogen) atoms. The van der Waals surface area contributed by atoms with Crippen LogP contribution in [0, 0.1) is 11.3 Å². The van der Waals surface area contributed by atoms with E-state index in [4.69, 9.17) is 10.00 Å². The van der Waals surface area contributed by atoms with Crippen LogP contribution in [-0.2, 0) is 4.74 Å². The third-order valence-electron chi connectivity index (χ3n) is 2.35. The van der Waals surface area contributed by atoms with Gasteiger partial charge in [0, 0.05) is 31.6 Å². The molecule has 0 amide bonds. The van der Waals surface area contributed by atoms with Crippen molar-refractivity contribution in [1.82, 2.24) is 9.55 Å². The Labute approximate surface area is 76.8 Å². The van der Waals surface area contributed by atoms with E-state index in [1.165, 1.54) is 0 Å². The third kappa shape index (κ3) is 1.56. The van der Waals surface area contributed by atoms with Gasteiger partial charge in [-0.1, -0.05) is 0 Å². The molecule has 2 rings (SSSR count). The Bertz CT molecular complexity index is 320. The van der Waals surface area contributed by atoms with Crippen LogP contribution < -0.4 is 0 Å². The van der Waals surface area contributed by atoms with Crippen molar-refractivity contribution in [2.75, 3.05) is 13.2 Å². The Hall–Kier alpha value is -1.34. The van der Waals surface area contributed by atoms with Crippen LogP contribution in [0.3, 0.4) is 0 Å². The highest BCUT2D eigenvalue weighted by Gasteiger charge is 2.17. The fraction of sp³-hybridized carbons (Fsp3) is 0.556. The van der Waals surface area contributed by atoms with Gasteiger partial charge in [-0.2, -0.15) is 5.26 Å².